The van der Waals surface area contributed by atoms with Crippen LogP contribution in [0.4, 0.5) is 0 Å². The number of fused-ring (bicyclic) bond motifs is 4. The number of benzene rings is 1. The molecule has 0 spiro atoms. The van der Waals surface area contributed by atoms with E-state index in [4.69, 9.17) is 0 Å². The van der Waals surface area contributed by atoms with Crippen molar-refractivity contribution >= 4 is 24.3 Å². The fourth-order valence-electron chi connectivity index (χ4n) is 4.74. The molecule has 1 aromatic rings. The van der Waals surface area contributed by atoms with Crippen molar-refractivity contribution in [2.45, 2.75) is 63.4 Å². The quantitative estimate of drug-likeness (QED) is 0.650. The van der Waals surface area contributed by atoms with E-state index >= 15 is 0 Å². The Kier molecular flexibility index (Phi) is 4.10. The van der Waals surface area contributed by atoms with Gasteiger partial charge in [0.1, 0.15) is 0 Å². The minimum absolute atomic E-state index is 0.262. The van der Waals surface area contributed by atoms with Crippen LogP contribution in [-0.2, 0) is 11.3 Å². The Morgan fingerprint density at radius 1 is 1.19 bits per heavy atom. The molecule has 3 unspecified atom stereocenters. The second kappa shape index (κ2) is 5.60. The van der Waals surface area contributed by atoms with Crippen molar-refractivity contribution in [3.8, 4) is 0 Å². The van der Waals surface area contributed by atoms with E-state index in [9.17, 15) is 4.79 Å². The van der Waals surface area contributed by atoms with Crippen LogP contribution in [-0.4, -0.2) is 35.2 Å². The Balaban J connectivity index is 2.15. The summed E-state index contributed by atoms with van der Waals surface area (Å²) in [6.45, 7) is 2.58. The summed E-state index contributed by atoms with van der Waals surface area (Å²) in [4.78, 5) is 22.1. The number of hydrogen-bond donors (Lipinski definition) is 0. The summed E-state index contributed by atoms with van der Waals surface area (Å²) >= 11 is -2.13. The van der Waals surface area contributed by atoms with E-state index in [1.807, 2.05) is 0 Å². The molecular formula is C18H27NOSn. The monoisotopic (exact) mass is 393 g/mol. The van der Waals surface area contributed by atoms with Gasteiger partial charge in [0.2, 0.25) is 0 Å². The average molecular weight is 392 g/mol. The molecule has 1 aromatic carbocycles. The van der Waals surface area contributed by atoms with E-state index in [1.54, 1.807) is 12.5 Å². The first-order valence-electron chi connectivity index (χ1n) is 8.24. The van der Waals surface area contributed by atoms with Crippen LogP contribution in [0, 0.1) is 0 Å². The first kappa shape index (κ1) is 15.4. The van der Waals surface area contributed by atoms with Crippen molar-refractivity contribution in [1.29, 1.82) is 0 Å². The summed E-state index contributed by atoms with van der Waals surface area (Å²) < 4.78 is 0.764. The number of hydrogen-bond acceptors (Lipinski definition) is 1. The molecule has 2 nitrogen and oxygen atoms in total. The molecule has 1 aliphatic heterocycles. The van der Waals surface area contributed by atoms with E-state index in [0.717, 1.165) is 10.5 Å². The molecule has 1 aliphatic carbocycles. The molecule has 0 N–H and O–H groups in total. The summed E-state index contributed by atoms with van der Waals surface area (Å²) in [7, 11) is 0. The minimum atomic E-state index is -2.13. The van der Waals surface area contributed by atoms with Gasteiger partial charge in [-0.15, -0.1) is 0 Å². The van der Waals surface area contributed by atoms with Gasteiger partial charge in [0.05, 0.1) is 0 Å². The third-order valence-electron chi connectivity index (χ3n) is 5.46. The van der Waals surface area contributed by atoms with Gasteiger partial charge in [0.25, 0.3) is 0 Å². The number of nitrogens with zero attached hydrogens (tertiary/aromatic N) is 1. The maximum atomic E-state index is 12.3. The Hall–Kier alpha value is -0.511. The van der Waals surface area contributed by atoms with Gasteiger partial charge in [-0.05, 0) is 0 Å². The molecule has 3 rings (SSSR count). The second-order valence-electron chi connectivity index (χ2n) is 7.84. The van der Waals surface area contributed by atoms with Crippen LogP contribution >= 0.6 is 0 Å². The van der Waals surface area contributed by atoms with E-state index in [2.05, 4.69) is 44.0 Å². The van der Waals surface area contributed by atoms with Gasteiger partial charge in [-0.2, -0.15) is 0 Å². The van der Waals surface area contributed by atoms with Gasteiger partial charge in [0.15, 0.2) is 0 Å². The van der Waals surface area contributed by atoms with Gasteiger partial charge < -0.3 is 0 Å². The number of amides is 1. The standard InChI is InChI=1S/C15H18NO.3CH3.Sn/c1-11(17)16-10-13-5-2-3-8-15(13)12-6-4-7-14(16)9-12;;;;/h2-3,5,8-9,12,14H,4,6-7,10H2,1H3;3*1H3;. The zero-order chi connectivity index (χ0) is 15.2. The molecule has 0 radical (unpaired) electrons. The zero-order valence-corrected chi connectivity index (χ0v) is 16.6. The molecule has 0 saturated heterocycles. The Morgan fingerprint density at radius 2 is 1.90 bits per heavy atom. The molecule has 1 heterocycles. The molecule has 3 heteroatoms. The summed E-state index contributed by atoms with van der Waals surface area (Å²) in [6, 6.07) is 9.37. The number of rotatable bonds is 1. The van der Waals surface area contributed by atoms with Crippen LogP contribution in [0.25, 0.3) is 0 Å². The molecule has 1 saturated carbocycles. The van der Waals surface area contributed by atoms with Crippen LogP contribution in [0.15, 0.2) is 24.3 Å². The summed E-state index contributed by atoms with van der Waals surface area (Å²) in [5.74, 6) is 0.956. The van der Waals surface area contributed by atoms with E-state index in [-0.39, 0.29) is 5.91 Å². The van der Waals surface area contributed by atoms with Crippen LogP contribution in [0.3, 0.4) is 0 Å². The molecule has 21 heavy (non-hydrogen) atoms. The normalized spacial score (nSPS) is 28.8. The van der Waals surface area contributed by atoms with Crippen LogP contribution in [0.5, 0.6) is 0 Å². The molecule has 1 amide bonds. The summed E-state index contributed by atoms with van der Waals surface area (Å²) in [6.07, 6.45) is 3.80. The van der Waals surface area contributed by atoms with Gasteiger partial charge >= 0.3 is 133 Å². The fraction of sp³-hybridized carbons (Fsp3) is 0.611. The second-order valence-corrected chi connectivity index (χ2v) is 23.3. The first-order chi connectivity index (χ1) is 9.89. The van der Waals surface area contributed by atoms with Crippen molar-refractivity contribution in [3.63, 3.8) is 0 Å². The van der Waals surface area contributed by atoms with Crippen LogP contribution in [0.2, 0.25) is 18.8 Å². The molecule has 0 aromatic heterocycles. The summed E-state index contributed by atoms with van der Waals surface area (Å²) in [5, 5.41) is 0. The molecule has 3 atom stereocenters. The molecule has 1 fully saturated rings. The molecule has 2 aliphatic rings. The van der Waals surface area contributed by atoms with Crippen molar-refractivity contribution in [1.82, 2.24) is 4.90 Å². The molecule has 114 valence electrons. The topological polar surface area (TPSA) is 20.3 Å². The van der Waals surface area contributed by atoms with Crippen molar-refractivity contribution in [2.24, 2.45) is 0 Å². The van der Waals surface area contributed by atoms with Crippen LogP contribution < -0.4 is 0 Å². The SMILES string of the molecule is CC(=O)N1Cc2ccccc2C2CCCC1[CH]2[Sn]([CH3])([CH3])[CH3]. The van der Waals surface area contributed by atoms with Crippen molar-refractivity contribution < 1.29 is 4.79 Å². The van der Waals surface area contributed by atoms with Crippen molar-refractivity contribution in [2.75, 3.05) is 0 Å². The Morgan fingerprint density at radius 3 is 2.57 bits per heavy atom. The molecule has 2 bridgehead atoms. The van der Waals surface area contributed by atoms with E-state index in [1.165, 1.54) is 24.8 Å². The Bertz CT molecular complexity index is 548. The third kappa shape index (κ3) is 2.76. The van der Waals surface area contributed by atoms with E-state index < -0.39 is 18.4 Å². The van der Waals surface area contributed by atoms with Gasteiger partial charge in [-0.1, -0.05) is 0 Å². The summed E-state index contributed by atoms with van der Waals surface area (Å²) in [5.41, 5.74) is 2.94. The molecular weight excluding hydrogens is 365 g/mol. The average Bonchev–Trinajstić information content (AvgIpc) is 2.51. The number of carbonyl (C=O) groups is 1. The third-order valence-corrected chi connectivity index (χ3v) is 13.4. The predicted octanol–water partition coefficient (Wildman–Crippen LogP) is 4.39. The van der Waals surface area contributed by atoms with Gasteiger partial charge in [0, 0.05) is 0 Å². The van der Waals surface area contributed by atoms with E-state index in [0.29, 0.717) is 12.0 Å². The zero-order valence-electron chi connectivity index (χ0n) is 13.7. The van der Waals surface area contributed by atoms with Crippen LogP contribution in [0.1, 0.15) is 43.2 Å². The van der Waals surface area contributed by atoms with Crippen molar-refractivity contribution in [3.05, 3.63) is 35.4 Å². The predicted molar refractivity (Wildman–Crippen MR) is 90.1 cm³/mol. The van der Waals surface area contributed by atoms with Gasteiger partial charge in [-0.3, -0.25) is 0 Å². The van der Waals surface area contributed by atoms with Gasteiger partial charge in [-0.25, -0.2) is 0 Å². The first-order valence-corrected chi connectivity index (χ1v) is 18.5. The maximum absolute atomic E-state index is 12.3. The Labute approximate surface area is 132 Å². The number of carbonyl (C=O) groups excluding carboxylic acids is 1. The fourth-order valence-corrected chi connectivity index (χ4v) is 13.5.